The molecule has 0 saturated heterocycles. The highest BCUT2D eigenvalue weighted by Gasteiger charge is 2.21. The first kappa shape index (κ1) is 54.0. The van der Waals surface area contributed by atoms with Crippen molar-refractivity contribution in [1.29, 1.82) is 0 Å². The third kappa shape index (κ3) is 9.59. The van der Waals surface area contributed by atoms with E-state index >= 15 is 0 Å². The van der Waals surface area contributed by atoms with Gasteiger partial charge in [-0.1, -0.05) is 155 Å². The summed E-state index contributed by atoms with van der Waals surface area (Å²) in [5.41, 5.74) is 13.2. The molecule has 1 N–H and O–H groups in total. The Balaban J connectivity index is 0.000000118. The molecule has 0 aliphatic carbocycles. The molecule has 0 saturated carbocycles. The van der Waals surface area contributed by atoms with E-state index in [0.717, 1.165) is 155 Å². The molecule has 10 aromatic carbocycles. The van der Waals surface area contributed by atoms with Crippen molar-refractivity contribution >= 4 is 132 Å². The summed E-state index contributed by atoms with van der Waals surface area (Å²) in [5, 5.41) is 26.9. The fourth-order valence-corrected chi connectivity index (χ4v) is 13.1. The minimum Gasteiger partial charge on any atom is -0.537 e. The van der Waals surface area contributed by atoms with E-state index in [1.54, 1.807) is 6.20 Å². The van der Waals surface area contributed by atoms with Crippen LogP contribution in [0.5, 0.6) is 5.75 Å². The molecule has 0 amide bonds. The molecular formula is C78H47BBrN6O4. The first-order valence-corrected chi connectivity index (χ1v) is 30.1. The molecule has 8 heterocycles. The molecule has 10 nitrogen and oxygen atoms in total. The van der Waals surface area contributed by atoms with E-state index in [1.807, 2.05) is 158 Å². The summed E-state index contributed by atoms with van der Waals surface area (Å²) in [6, 6.07) is 82.2. The van der Waals surface area contributed by atoms with Crippen molar-refractivity contribution in [2.75, 3.05) is 0 Å². The van der Waals surface area contributed by atoms with Gasteiger partial charge in [0.15, 0.2) is 0 Å². The number of hydrogen-bond donors (Lipinski definition) is 1. The van der Waals surface area contributed by atoms with Crippen LogP contribution in [0.1, 0.15) is 0 Å². The number of nitrogens with zero attached hydrogens (tertiary/aromatic N) is 6. The zero-order valence-electron chi connectivity index (χ0n) is 47.9. The van der Waals surface area contributed by atoms with Crippen molar-refractivity contribution in [1.82, 2.24) is 29.9 Å². The van der Waals surface area contributed by atoms with Crippen molar-refractivity contribution < 1.29 is 18.5 Å². The highest BCUT2D eigenvalue weighted by atomic mass is 79.9. The van der Waals surface area contributed by atoms with Crippen LogP contribution in [-0.2, 0) is 0 Å². The minimum absolute atomic E-state index is 0.628. The average molecular weight is 1220 g/mol. The Morgan fingerprint density at radius 3 is 1.22 bits per heavy atom. The Hall–Kier alpha value is -11.4. The molecule has 0 unspecified atom stereocenters. The lowest BCUT2D eigenvalue weighted by molar-refractivity contribution is 0.459. The number of halogens is 1. The molecule has 0 bridgehead atoms. The van der Waals surface area contributed by atoms with Gasteiger partial charge < -0.3 is 18.5 Å². The van der Waals surface area contributed by atoms with Gasteiger partial charge in [-0.15, -0.1) is 0 Å². The lowest BCUT2D eigenvalue weighted by Crippen LogP contribution is -2.02. The average Bonchev–Trinajstić information content (AvgIpc) is 0.965. The Kier molecular flexibility index (Phi) is 13.8. The number of fused-ring (bicyclic) bond motifs is 14. The van der Waals surface area contributed by atoms with Gasteiger partial charge in [0.25, 0.3) is 0 Å². The Labute approximate surface area is 523 Å². The standard InChI is InChI=1S/C39H23N3O.C24H16BN2O2.C15H8BrNO/c1-3-10-28-26(8-1)37(25-16-17-35-30(22-25)39-31-23-40-21-19-24(31)15-18-36(39)43-35)27-9-2-4-11-29(27)38(28)34-14-7-13-33(42-34)32-12-5-6-20-41-32;28-25-29-24-18-10-3-1-8-16(18)23(17-9-2-4-11-19(17)24)22-14-7-13-21(27-22)20-12-5-6-15-26-20;16-10-2-4-13-11(7-10)15-12-8-17-6-5-9(12)1-3-14(15)18-13/h1-23H;1-15,28H;1-8H. The topological polar surface area (TPSA) is 133 Å². The van der Waals surface area contributed by atoms with Crippen LogP contribution in [-0.4, -0.2) is 42.6 Å². The minimum atomic E-state index is 0.628. The third-order valence-corrected chi connectivity index (χ3v) is 17.1. The maximum atomic E-state index is 9.32. The number of aromatic nitrogens is 6. The van der Waals surface area contributed by atoms with Gasteiger partial charge in [-0.25, -0.2) is 9.97 Å². The second-order valence-electron chi connectivity index (χ2n) is 21.7. The Morgan fingerprint density at radius 2 is 0.744 bits per heavy atom. The normalized spacial score (nSPS) is 11.4. The maximum absolute atomic E-state index is 9.32. The van der Waals surface area contributed by atoms with Crippen molar-refractivity contribution in [3.63, 3.8) is 0 Å². The van der Waals surface area contributed by atoms with Gasteiger partial charge in [0.1, 0.15) is 28.1 Å². The summed E-state index contributed by atoms with van der Waals surface area (Å²) < 4.78 is 18.7. The largest absolute Gasteiger partial charge is 0.569 e. The predicted molar refractivity (Wildman–Crippen MR) is 369 cm³/mol. The summed E-state index contributed by atoms with van der Waals surface area (Å²) in [4.78, 5) is 27.7. The molecule has 0 aliphatic heterocycles. The van der Waals surface area contributed by atoms with Crippen molar-refractivity contribution in [2.24, 2.45) is 0 Å². The SMILES string of the molecule is Brc1ccc2oc3ccc4ccncc4c3c2c1.O[B]Oc1c2ccccc2c(-c2cccc(-c3ccccn3)n2)c2ccccc12.c1ccc(-c2cccc(-c3c4ccccc4c(-c4ccc5oc6ccc7ccncc7c6c5c4)c4ccccc34)n2)nc1. The predicted octanol–water partition coefficient (Wildman–Crippen LogP) is 20.2. The second kappa shape index (κ2) is 23.0. The maximum Gasteiger partial charge on any atom is 0.569 e. The van der Waals surface area contributed by atoms with E-state index in [-0.39, 0.29) is 0 Å². The molecule has 8 aromatic heterocycles. The van der Waals surface area contributed by atoms with Crippen LogP contribution >= 0.6 is 15.9 Å². The van der Waals surface area contributed by atoms with Gasteiger partial charge >= 0.3 is 7.69 Å². The molecule has 18 aromatic rings. The van der Waals surface area contributed by atoms with E-state index in [1.165, 1.54) is 21.7 Å². The molecule has 0 spiro atoms. The number of rotatable bonds is 7. The van der Waals surface area contributed by atoms with Crippen LogP contribution in [0, 0.1) is 0 Å². The molecule has 0 fully saturated rings. The van der Waals surface area contributed by atoms with Gasteiger partial charge in [0.2, 0.25) is 0 Å². The van der Waals surface area contributed by atoms with E-state index < -0.39 is 0 Å². The highest BCUT2D eigenvalue weighted by Crippen LogP contribution is 2.47. The summed E-state index contributed by atoms with van der Waals surface area (Å²) in [5.74, 6) is 0.628. The molecule has 1 radical (unpaired) electrons. The van der Waals surface area contributed by atoms with Crippen molar-refractivity contribution in [3.05, 3.63) is 284 Å². The van der Waals surface area contributed by atoms with Crippen molar-refractivity contribution in [2.45, 2.75) is 0 Å². The van der Waals surface area contributed by atoms with Gasteiger partial charge in [-0.05, 0) is 157 Å². The molecule has 18 rings (SSSR count). The first-order valence-electron chi connectivity index (χ1n) is 29.3. The molecular weight excluding hydrogens is 1180 g/mol. The van der Waals surface area contributed by atoms with Crippen LogP contribution in [0.2, 0.25) is 0 Å². The number of furan rings is 2. The number of benzene rings is 10. The fourth-order valence-electron chi connectivity index (χ4n) is 12.7. The monoisotopic (exact) mass is 1220 g/mol. The van der Waals surface area contributed by atoms with Crippen LogP contribution in [0.15, 0.2) is 293 Å². The van der Waals surface area contributed by atoms with Gasteiger partial charge in [0.05, 0.1) is 34.2 Å². The lowest BCUT2D eigenvalue weighted by Gasteiger charge is -2.17. The number of hydrogen-bond acceptors (Lipinski definition) is 10. The van der Waals surface area contributed by atoms with Gasteiger partial charge in [-0.3, -0.25) is 19.9 Å². The molecule has 423 valence electrons. The Morgan fingerprint density at radius 1 is 0.333 bits per heavy atom. The summed E-state index contributed by atoms with van der Waals surface area (Å²) >= 11 is 3.51. The van der Waals surface area contributed by atoms with Crippen LogP contribution in [0.25, 0.3) is 165 Å². The first-order chi connectivity index (χ1) is 44.5. The molecule has 90 heavy (non-hydrogen) atoms. The summed E-state index contributed by atoms with van der Waals surface area (Å²) in [7, 11) is 0.730. The van der Waals surface area contributed by atoms with Gasteiger partial charge in [0, 0.05) is 95.9 Å². The lowest BCUT2D eigenvalue weighted by atomic mass is 9.87. The smallest absolute Gasteiger partial charge is 0.537 e. The van der Waals surface area contributed by atoms with E-state index in [2.05, 4.69) is 151 Å². The second-order valence-corrected chi connectivity index (χ2v) is 22.6. The van der Waals surface area contributed by atoms with Crippen molar-refractivity contribution in [3.8, 4) is 62.2 Å². The fraction of sp³-hybridized carbons (Fsp3) is 0. The van der Waals surface area contributed by atoms with Crippen LogP contribution < -0.4 is 4.65 Å². The van der Waals surface area contributed by atoms with E-state index in [9.17, 15) is 5.02 Å². The Bertz CT molecular complexity index is 5690. The third-order valence-electron chi connectivity index (χ3n) is 16.6. The molecule has 0 aliphatic rings. The van der Waals surface area contributed by atoms with Crippen LogP contribution in [0.3, 0.4) is 0 Å². The molecule has 0 atom stereocenters. The van der Waals surface area contributed by atoms with E-state index in [0.29, 0.717) is 5.75 Å². The number of pyridine rings is 6. The van der Waals surface area contributed by atoms with E-state index in [4.69, 9.17) is 23.5 Å². The molecule has 12 heteroatoms. The zero-order chi connectivity index (χ0) is 60.1. The zero-order valence-corrected chi connectivity index (χ0v) is 49.5. The quantitative estimate of drug-likeness (QED) is 0.121. The summed E-state index contributed by atoms with van der Waals surface area (Å²) in [6.45, 7) is 0. The van der Waals surface area contributed by atoms with Crippen LogP contribution in [0.4, 0.5) is 0 Å². The van der Waals surface area contributed by atoms with Gasteiger partial charge in [-0.2, -0.15) is 0 Å². The highest BCUT2D eigenvalue weighted by molar-refractivity contribution is 9.10. The summed E-state index contributed by atoms with van der Waals surface area (Å²) in [6.07, 6.45) is 11.1.